The standard InChI is InChI=1S/C15H15BrN2O/c1-10(13-5-3-12(9-17)4-6-13)18-11(2)14-7-8-15(16)19-14/h3-8,10-11,18H,1-2H3. The van der Waals surface area contributed by atoms with Crippen LogP contribution in [-0.4, -0.2) is 0 Å². The molecule has 1 N–H and O–H groups in total. The molecule has 0 aliphatic heterocycles. The van der Waals surface area contributed by atoms with Gasteiger partial charge in [-0.1, -0.05) is 12.1 Å². The van der Waals surface area contributed by atoms with Crippen molar-refractivity contribution in [3.63, 3.8) is 0 Å². The molecule has 0 radical (unpaired) electrons. The Bertz CT molecular complexity index is 583. The molecule has 0 saturated carbocycles. The van der Waals surface area contributed by atoms with Crippen molar-refractivity contribution >= 4 is 15.9 Å². The van der Waals surface area contributed by atoms with E-state index in [1.54, 1.807) is 0 Å². The molecule has 0 bridgehead atoms. The van der Waals surface area contributed by atoms with Crippen LogP contribution in [0.2, 0.25) is 0 Å². The van der Waals surface area contributed by atoms with E-state index in [1.165, 1.54) is 0 Å². The molecule has 2 rings (SSSR count). The summed E-state index contributed by atoms with van der Waals surface area (Å²) in [6, 6.07) is 13.9. The molecule has 0 spiro atoms. The van der Waals surface area contributed by atoms with Crippen LogP contribution in [0.15, 0.2) is 45.5 Å². The molecule has 0 saturated heterocycles. The lowest BCUT2D eigenvalue weighted by Gasteiger charge is -2.19. The smallest absolute Gasteiger partial charge is 0.169 e. The minimum atomic E-state index is 0.122. The Morgan fingerprint density at radius 3 is 2.32 bits per heavy atom. The van der Waals surface area contributed by atoms with Crippen LogP contribution in [0, 0.1) is 11.3 Å². The maximum absolute atomic E-state index is 8.78. The molecular weight excluding hydrogens is 304 g/mol. The van der Waals surface area contributed by atoms with Crippen molar-refractivity contribution in [3.05, 3.63) is 58.0 Å². The lowest BCUT2D eigenvalue weighted by molar-refractivity contribution is 0.394. The predicted octanol–water partition coefficient (Wildman–Crippen LogP) is 4.33. The average molecular weight is 319 g/mol. The minimum absolute atomic E-state index is 0.122. The molecule has 1 aromatic heterocycles. The van der Waals surface area contributed by atoms with Crippen molar-refractivity contribution in [2.75, 3.05) is 0 Å². The lowest BCUT2D eigenvalue weighted by Crippen LogP contribution is -2.22. The fourth-order valence-electron chi connectivity index (χ4n) is 1.96. The third kappa shape index (κ3) is 3.46. The maximum Gasteiger partial charge on any atom is 0.169 e. The van der Waals surface area contributed by atoms with E-state index in [0.29, 0.717) is 5.56 Å². The first-order chi connectivity index (χ1) is 9.10. The Labute approximate surface area is 121 Å². The second-order valence-electron chi connectivity index (χ2n) is 4.49. The predicted molar refractivity (Wildman–Crippen MR) is 77.5 cm³/mol. The van der Waals surface area contributed by atoms with Crippen molar-refractivity contribution in [1.82, 2.24) is 5.32 Å². The van der Waals surface area contributed by atoms with Gasteiger partial charge >= 0.3 is 0 Å². The number of halogens is 1. The van der Waals surface area contributed by atoms with Gasteiger partial charge in [-0.05, 0) is 59.6 Å². The molecule has 1 aromatic carbocycles. The zero-order chi connectivity index (χ0) is 13.8. The molecule has 2 atom stereocenters. The van der Waals surface area contributed by atoms with E-state index in [9.17, 15) is 0 Å². The normalized spacial score (nSPS) is 13.8. The largest absolute Gasteiger partial charge is 0.453 e. The van der Waals surface area contributed by atoms with E-state index in [0.717, 1.165) is 16.0 Å². The van der Waals surface area contributed by atoms with Crippen LogP contribution < -0.4 is 5.32 Å². The first kappa shape index (κ1) is 13.9. The second kappa shape index (κ2) is 6.05. The number of nitrogens with zero attached hydrogens (tertiary/aromatic N) is 1. The van der Waals surface area contributed by atoms with Gasteiger partial charge in [0.15, 0.2) is 4.67 Å². The summed E-state index contributed by atoms with van der Waals surface area (Å²) in [5.74, 6) is 0.896. The van der Waals surface area contributed by atoms with E-state index < -0.39 is 0 Å². The minimum Gasteiger partial charge on any atom is -0.453 e. The van der Waals surface area contributed by atoms with Gasteiger partial charge in [0.25, 0.3) is 0 Å². The SMILES string of the molecule is CC(NC(C)c1ccc(Br)o1)c1ccc(C#N)cc1. The number of benzene rings is 1. The Morgan fingerprint density at radius 2 is 1.79 bits per heavy atom. The highest BCUT2D eigenvalue weighted by molar-refractivity contribution is 9.10. The third-order valence-electron chi connectivity index (χ3n) is 3.06. The van der Waals surface area contributed by atoms with Gasteiger partial charge in [-0.3, -0.25) is 0 Å². The summed E-state index contributed by atoms with van der Waals surface area (Å²) in [5.41, 5.74) is 1.83. The van der Waals surface area contributed by atoms with Gasteiger partial charge in [0.1, 0.15) is 5.76 Å². The van der Waals surface area contributed by atoms with E-state index in [4.69, 9.17) is 9.68 Å². The Morgan fingerprint density at radius 1 is 1.11 bits per heavy atom. The van der Waals surface area contributed by atoms with E-state index >= 15 is 0 Å². The monoisotopic (exact) mass is 318 g/mol. The number of hydrogen-bond acceptors (Lipinski definition) is 3. The molecule has 0 amide bonds. The van der Waals surface area contributed by atoms with Crippen LogP contribution in [0.1, 0.15) is 42.8 Å². The van der Waals surface area contributed by atoms with Gasteiger partial charge in [-0.25, -0.2) is 0 Å². The van der Waals surface area contributed by atoms with Crippen LogP contribution in [0.5, 0.6) is 0 Å². The summed E-state index contributed by atoms with van der Waals surface area (Å²) in [4.78, 5) is 0. The molecule has 0 aliphatic carbocycles. The van der Waals surface area contributed by atoms with Crippen molar-refractivity contribution in [1.29, 1.82) is 5.26 Å². The van der Waals surface area contributed by atoms with Gasteiger partial charge in [0, 0.05) is 6.04 Å². The lowest BCUT2D eigenvalue weighted by atomic mass is 10.1. The first-order valence-electron chi connectivity index (χ1n) is 6.11. The van der Waals surface area contributed by atoms with E-state index in [-0.39, 0.29) is 12.1 Å². The molecule has 19 heavy (non-hydrogen) atoms. The topological polar surface area (TPSA) is 49.0 Å². The van der Waals surface area contributed by atoms with Crippen molar-refractivity contribution in [2.45, 2.75) is 25.9 Å². The molecule has 4 heteroatoms. The third-order valence-corrected chi connectivity index (χ3v) is 3.49. The molecule has 1 heterocycles. The summed E-state index contributed by atoms with van der Waals surface area (Å²) in [6.07, 6.45) is 0. The summed E-state index contributed by atoms with van der Waals surface area (Å²) in [5, 5.41) is 12.2. The number of rotatable bonds is 4. The molecule has 2 aromatic rings. The highest BCUT2D eigenvalue weighted by Gasteiger charge is 2.13. The van der Waals surface area contributed by atoms with Crippen molar-refractivity contribution < 1.29 is 4.42 Å². The fourth-order valence-corrected chi connectivity index (χ4v) is 2.28. The van der Waals surface area contributed by atoms with Crippen molar-refractivity contribution in [2.24, 2.45) is 0 Å². The van der Waals surface area contributed by atoms with Crippen LogP contribution in [0.25, 0.3) is 0 Å². The van der Waals surface area contributed by atoms with Crippen LogP contribution in [0.3, 0.4) is 0 Å². The molecule has 98 valence electrons. The Hall–Kier alpha value is -1.57. The molecule has 0 aliphatic rings. The zero-order valence-electron chi connectivity index (χ0n) is 10.9. The molecular formula is C15H15BrN2O. The van der Waals surface area contributed by atoms with E-state index in [2.05, 4.69) is 41.2 Å². The Balaban J connectivity index is 2.04. The summed E-state index contributed by atoms with van der Waals surface area (Å²) >= 11 is 3.30. The Kier molecular flexibility index (Phi) is 4.41. The number of hydrogen-bond donors (Lipinski definition) is 1. The summed E-state index contributed by atoms with van der Waals surface area (Å²) in [7, 11) is 0. The molecule has 0 fully saturated rings. The fraction of sp³-hybridized carbons (Fsp3) is 0.267. The number of nitriles is 1. The second-order valence-corrected chi connectivity index (χ2v) is 5.27. The number of nitrogens with one attached hydrogen (secondary N) is 1. The van der Waals surface area contributed by atoms with Gasteiger partial charge in [-0.15, -0.1) is 0 Å². The summed E-state index contributed by atoms with van der Waals surface area (Å²) < 4.78 is 6.27. The van der Waals surface area contributed by atoms with Gasteiger partial charge in [0.05, 0.1) is 17.7 Å². The average Bonchev–Trinajstić information content (AvgIpc) is 2.85. The number of furan rings is 1. The molecule has 3 nitrogen and oxygen atoms in total. The van der Waals surface area contributed by atoms with Gasteiger partial charge in [-0.2, -0.15) is 5.26 Å². The van der Waals surface area contributed by atoms with E-state index in [1.807, 2.05) is 36.4 Å². The summed E-state index contributed by atoms with van der Waals surface area (Å²) in [6.45, 7) is 4.15. The zero-order valence-corrected chi connectivity index (χ0v) is 12.4. The van der Waals surface area contributed by atoms with Crippen molar-refractivity contribution in [3.8, 4) is 6.07 Å². The highest BCUT2D eigenvalue weighted by atomic mass is 79.9. The van der Waals surface area contributed by atoms with Crippen LogP contribution >= 0.6 is 15.9 Å². The molecule has 2 unspecified atom stereocenters. The quantitative estimate of drug-likeness (QED) is 0.913. The first-order valence-corrected chi connectivity index (χ1v) is 6.91. The van der Waals surface area contributed by atoms with Gasteiger partial charge in [0.2, 0.25) is 0 Å². The van der Waals surface area contributed by atoms with Gasteiger partial charge < -0.3 is 9.73 Å². The van der Waals surface area contributed by atoms with Crippen LogP contribution in [0.4, 0.5) is 0 Å². The highest BCUT2D eigenvalue weighted by Crippen LogP contribution is 2.23. The maximum atomic E-state index is 8.78. The van der Waals surface area contributed by atoms with Crippen LogP contribution in [-0.2, 0) is 0 Å².